The molecule has 0 spiro atoms. The zero-order chi connectivity index (χ0) is 24.0. The molecule has 1 aliphatic heterocycles. The van der Waals surface area contributed by atoms with Crippen LogP contribution in [0.25, 0.3) is 11.0 Å². The van der Waals surface area contributed by atoms with Crippen LogP contribution >= 0.6 is 0 Å². The van der Waals surface area contributed by atoms with E-state index in [1.807, 2.05) is 0 Å². The third kappa shape index (κ3) is 4.33. The molecule has 1 saturated heterocycles. The fraction of sp³-hybridized carbons (Fsp3) is 0.333. The number of fused-ring (bicyclic) bond motifs is 1. The van der Waals surface area contributed by atoms with E-state index in [1.54, 1.807) is 39.0 Å². The standard InChI is InChI=1S/C21H23N5O6S/c1-21(2,3)32-20(27)24-12-14(13-24)23-18-16-9-10-25(19(16)22-11-17(18)26(28)29)33(30,31)15-7-5-4-6-8-15/h4-11,14H,12-13H2,1-3H3,(H,22,23). The van der Waals surface area contributed by atoms with Crippen molar-refractivity contribution in [1.82, 2.24) is 13.9 Å². The van der Waals surface area contributed by atoms with Crippen molar-refractivity contribution in [2.75, 3.05) is 18.4 Å². The Labute approximate surface area is 190 Å². The number of carbonyl (C=O) groups excluding carboxylic acids is 1. The molecule has 0 aliphatic carbocycles. The number of hydrogen-bond donors (Lipinski definition) is 1. The number of rotatable bonds is 5. The summed E-state index contributed by atoms with van der Waals surface area (Å²) in [5.41, 5.74) is -0.692. The number of benzene rings is 1. The molecule has 33 heavy (non-hydrogen) atoms. The molecule has 0 saturated carbocycles. The number of amides is 1. The molecule has 174 valence electrons. The van der Waals surface area contributed by atoms with Crippen LogP contribution in [-0.2, 0) is 14.8 Å². The summed E-state index contributed by atoms with van der Waals surface area (Å²) < 4.78 is 32.5. The summed E-state index contributed by atoms with van der Waals surface area (Å²) in [6, 6.07) is 9.05. The molecule has 1 aromatic carbocycles. The Hall–Kier alpha value is -3.67. The van der Waals surface area contributed by atoms with Crippen LogP contribution in [0, 0.1) is 10.1 Å². The molecule has 1 amide bonds. The summed E-state index contributed by atoms with van der Waals surface area (Å²) in [6.07, 6.45) is 1.89. The highest BCUT2D eigenvalue weighted by Crippen LogP contribution is 2.35. The molecule has 2 aromatic heterocycles. The van der Waals surface area contributed by atoms with Gasteiger partial charge in [0.1, 0.15) is 17.5 Å². The average molecular weight is 474 g/mol. The second-order valence-electron chi connectivity index (χ2n) is 8.67. The van der Waals surface area contributed by atoms with Crippen LogP contribution in [0.15, 0.2) is 53.7 Å². The first kappa shape index (κ1) is 22.5. The van der Waals surface area contributed by atoms with Gasteiger partial charge in [0, 0.05) is 19.3 Å². The summed E-state index contributed by atoms with van der Waals surface area (Å²) in [5.74, 6) is 0. The molecule has 1 aliphatic rings. The fourth-order valence-electron chi connectivity index (χ4n) is 3.49. The van der Waals surface area contributed by atoms with Crippen LogP contribution < -0.4 is 5.32 Å². The van der Waals surface area contributed by atoms with Gasteiger partial charge in [-0.1, -0.05) is 18.2 Å². The van der Waals surface area contributed by atoms with E-state index in [0.29, 0.717) is 18.5 Å². The van der Waals surface area contributed by atoms with Gasteiger partial charge >= 0.3 is 11.8 Å². The molecule has 1 N–H and O–H groups in total. The van der Waals surface area contributed by atoms with Crippen LogP contribution in [0.3, 0.4) is 0 Å². The summed E-state index contributed by atoms with van der Waals surface area (Å²) >= 11 is 0. The quantitative estimate of drug-likeness (QED) is 0.441. The Morgan fingerprint density at radius 2 is 1.88 bits per heavy atom. The Morgan fingerprint density at radius 1 is 1.21 bits per heavy atom. The van der Waals surface area contributed by atoms with E-state index in [-0.39, 0.29) is 28.0 Å². The third-order valence-corrected chi connectivity index (χ3v) is 6.72. The fourth-order valence-corrected chi connectivity index (χ4v) is 4.81. The van der Waals surface area contributed by atoms with Crippen LogP contribution in [0.4, 0.5) is 16.2 Å². The maximum absolute atomic E-state index is 13.1. The molecule has 12 heteroatoms. The topological polar surface area (TPSA) is 137 Å². The van der Waals surface area contributed by atoms with E-state index in [4.69, 9.17) is 4.74 Å². The molecule has 3 aromatic rings. The first-order chi connectivity index (χ1) is 15.5. The highest BCUT2D eigenvalue weighted by Gasteiger charge is 2.35. The summed E-state index contributed by atoms with van der Waals surface area (Å²) in [6.45, 7) is 5.89. The molecule has 0 bridgehead atoms. The minimum Gasteiger partial charge on any atom is -0.444 e. The predicted molar refractivity (Wildman–Crippen MR) is 121 cm³/mol. The van der Waals surface area contributed by atoms with Gasteiger partial charge in [0.25, 0.3) is 10.0 Å². The van der Waals surface area contributed by atoms with Gasteiger partial charge < -0.3 is 15.0 Å². The van der Waals surface area contributed by atoms with E-state index < -0.39 is 26.6 Å². The first-order valence-electron chi connectivity index (χ1n) is 10.2. The van der Waals surface area contributed by atoms with Crippen molar-refractivity contribution in [2.45, 2.75) is 37.3 Å². The zero-order valence-corrected chi connectivity index (χ0v) is 19.1. The summed E-state index contributed by atoms with van der Waals surface area (Å²) in [5, 5.41) is 15.0. The number of hydrogen-bond acceptors (Lipinski definition) is 8. The Kier molecular flexibility index (Phi) is 5.48. The lowest BCUT2D eigenvalue weighted by atomic mass is 10.1. The Balaban J connectivity index is 1.64. The van der Waals surface area contributed by atoms with Gasteiger partial charge in [-0.2, -0.15) is 0 Å². The average Bonchev–Trinajstić information content (AvgIpc) is 3.14. The Bertz CT molecular complexity index is 1320. The van der Waals surface area contributed by atoms with E-state index in [0.717, 1.165) is 10.2 Å². The maximum Gasteiger partial charge on any atom is 0.410 e. The molecule has 0 atom stereocenters. The van der Waals surface area contributed by atoms with Crippen molar-refractivity contribution < 1.29 is 22.9 Å². The van der Waals surface area contributed by atoms with Gasteiger partial charge in [0.2, 0.25) is 0 Å². The number of likely N-dealkylation sites (tertiary alicyclic amines) is 1. The Morgan fingerprint density at radius 3 is 2.48 bits per heavy atom. The van der Waals surface area contributed by atoms with Crippen molar-refractivity contribution in [3.63, 3.8) is 0 Å². The van der Waals surface area contributed by atoms with E-state index >= 15 is 0 Å². The van der Waals surface area contributed by atoms with Crippen molar-refractivity contribution in [1.29, 1.82) is 0 Å². The van der Waals surface area contributed by atoms with Crippen molar-refractivity contribution in [3.8, 4) is 0 Å². The highest BCUT2D eigenvalue weighted by atomic mass is 32.2. The van der Waals surface area contributed by atoms with Gasteiger partial charge in [-0.3, -0.25) is 10.1 Å². The van der Waals surface area contributed by atoms with Crippen molar-refractivity contribution >= 4 is 38.5 Å². The second kappa shape index (κ2) is 8.03. The highest BCUT2D eigenvalue weighted by molar-refractivity contribution is 7.90. The maximum atomic E-state index is 13.1. The number of aromatic nitrogens is 2. The summed E-state index contributed by atoms with van der Waals surface area (Å²) in [4.78, 5) is 28.8. The number of nitrogens with one attached hydrogen (secondary N) is 1. The smallest absolute Gasteiger partial charge is 0.410 e. The molecule has 4 rings (SSSR count). The number of nitrogens with zero attached hydrogens (tertiary/aromatic N) is 4. The van der Waals surface area contributed by atoms with Gasteiger partial charge in [-0.25, -0.2) is 22.2 Å². The second-order valence-corrected chi connectivity index (χ2v) is 10.5. The van der Waals surface area contributed by atoms with Crippen molar-refractivity contribution in [2.24, 2.45) is 0 Å². The minimum atomic E-state index is -3.94. The van der Waals surface area contributed by atoms with E-state index in [1.165, 1.54) is 29.3 Å². The van der Waals surface area contributed by atoms with E-state index in [9.17, 15) is 23.3 Å². The number of pyridine rings is 1. The van der Waals surface area contributed by atoms with E-state index in [2.05, 4.69) is 10.3 Å². The molecule has 0 radical (unpaired) electrons. The molecule has 3 heterocycles. The first-order valence-corrected chi connectivity index (χ1v) is 11.6. The van der Waals surface area contributed by atoms with Crippen LogP contribution in [-0.4, -0.2) is 58.0 Å². The lowest BCUT2D eigenvalue weighted by Gasteiger charge is -2.40. The summed E-state index contributed by atoms with van der Waals surface area (Å²) in [7, 11) is -3.94. The van der Waals surface area contributed by atoms with Gasteiger partial charge in [-0.05, 0) is 39.0 Å². The zero-order valence-electron chi connectivity index (χ0n) is 18.3. The third-order valence-electron chi connectivity index (χ3n) is 5.04. The SMILES string of the molecule is CC(C)(C)OC(=O)N1CC(Nc2c([N+](=O)[O-])cnc3c2ccn3S(=O)(=O)c2ccccc2)C1. The lowest BCUT2D eigenvalue weighted by Crippen LogP contribution is -2.58. The van der Waals surface area contributed by atoms with Gasteiger partial charge in [0.15, 0.2) is 5.65 Å². The molecule has 1 fully saturated rings. The molecular weight excluding hydrogens is 450 g/mol. The number of ether oxygens (including phenoxy) is 1. The largest absolute Gasteiger partial charge is 0.444 e. The predicted octanol–water partition coefficient (Wildman–Crippen LogP) is 3.21. The lowest BCUT2D eigenvalue weighted by molar-refractivity contribution is -0.384. The molecular formula is C21H23N5O6S. The number of nitro groups is 1. The van der Waals surface area contributed by atoms with Gasteiger partial charge in [0.05, 0.1) is 21.2 Å². The monoisotopic (exact) mass is 473 g/mol. The molecule has 11 nitrogen and oxygen atoms in total. The van der Waals surface area contributed by atoms with Gasteiger partial charge in [-0.15, -0.1) is 0 Å². The minimum absolute atomic E-state index is 0.0651. The van der Waals surface area contributed by atoms with Crippen molar-refractivity contribution in [3.05, 3.63) is 58.9 Å². The van der Waals surface area contributed by atoms with Crippen LogP contribution in [0.5, 0.6) is 0 Å². The normalized spacial score (nSPS) is 14.7. The van der Waals surface area contributed by atoms with Crippen LogP contribution in [0.2, 0.25) is 0 Å². The number of anilines is 1. The van der Waals surface area contributed by atoms with Crippen LogP contribution in [0.1, 0.15) is 20.8 Å². The number of carbonyl (C=O) groups is 1. The molecule has 0 unspecified atom stereocenters.